The standard InChI is InChI=1S/C11H12N4O/c16-7-10-11(9-3-1-2-6-12-9)15(14-13-10)8-4-5-8/h1-3,6,8,16H,4-5,7H2. The van der Waals surface area contributed by atoms with E-state index in [4.69, 9.17) is 0 Å². The van der Waals surface area contributed by atoms with Crippen molar-refractivity contribution in [1.29, 1.82) is 0 Å². The summed E-state index contributed by atoms with van der Waals surface area (Å²) in [5.74, 6) is 0. The zero-order chi connectivity index (χ0) is 11.0. The summed E-state index contributed by atoms with van der Waals surface area (Å²) in [6.07, 6.45) is 4.00. The molecule has 1 N–H and O–H groups in total. The molecule has 2 heterocycles. The van der Waals surface area contributed by atoms with Crippen LogP contribution in [0.25, 0.3) is 11.4 Å². The first-order chi connectivity index (χ1) is 7.90. The molecule has 0 spiro atoms. The molecule has 5 nitrogen and oxygen atoms in total. The summed E-state index contributed by atoms with van der Waals surface area (Å²) < 4.78 is 1.88. The maximum absolute atomic E-state index is 9.25. The smallest absolute Gasteiger partial charge is 0.118 e. The molecule has 5 heteroatoms. The van der Waals surface area contributed by atoms with Crippen LogP contribution >= 0.6 is 0 Å². The lowest BCUT2D eigenvalue weighted by Crippen LogP contribution is -2.01. The fourth-order valence-electron chi connectivity index (χ4n) is 1.78. The highest BCUT2D eigenvalue weighted by atomic mass is 16.3. The van der Waals surface area contributed by atoms with Crippen molar-refractivity contribution >= 4 is 0 Å². The first-order valence-corrected chi connectivity index (χ1v) is 5.36. The second-order valence-corrected chi connectivity index (χ2v) is 3.93. The van der Waals surface area contributed by atoms with E-state index in [0.717, 1.165) is 24.2 Å². The monoisotopic (exact) mass is 216 g/mol. The van der Waals surface area contributed by atoms with E-state index in [0.29, 0.717) is 11.7 Å². The summed E-state index contributed by atoms with van der Waals surface area (Å²) in [6, 6.07) is 6.14. The molecular formula is C11H12N4O. The van der Waals surface area contributed by atoms with Gasteiger partial charge in [-0.15, -0.1) is 5.10 Å². The van der Waals surface area contributed by atoms with Gasteiger partial charge < -0.3 is 5.11 Å². The second kappa shape index (κ2) is 3.68. The molecule has 2 aromatic rings. The van der Waals surface area contributed by atoms with Crippen LogP contribution in [0, 0.1) is 0 Å². The molecule has 2 aromatic heterocycles. The molecule has 1 saturated carbocycles. The van der Waals surface area contributed by atoms with Crippen LogP contribution in [0.15, 0.2) is 24.4 Å². The average molecular weight is 216 g/mol. The lowest BCUT2D eigenvalue weighted by Gasteiger charge is -2.04. The van der Waals surface area contributed by atoms with Crippen LogP contribution < -0.4 is 0 Å². The molecule has 1 aliphatic rings. The van der Waals surface area contributed by atoms with Crippen LogP contribution in [-0.2, 0) is 6.61 Å². The minimum absolute atomic E-state index is 0.0986. The molecule has 0 aromatic carbocycles. The summed E-state index contributed by atoms with van der Waals surface area (Å²) in [5.41, 5.74) is 2.28. The Bertz CT molecular complexity index is 490. The largest absolute Gasteiger partial charge is 0.390 e. The minimum atomic E-state index is -0.0986. The molecule has 1 aliphatic carbocycles. The van der Waals surface area contributed by atoms with Gasteiger partial charge in [0.2, 0.25) is 0 Å². The number of aliphatic hydroxyl groups is 1. The molecule has 0 aliphatic heterocycles. The van der Waals surface area contributed by atoms with Crippen molar-refractivity contribution in [3.05, 3.63) is 30.1 Å². The Balaban J connectivity index is 2.13. The van der Waals surface area contributed by atoms with Crippen LogP contribution in [-0.4, -0.2) is 25.1 Å². The quantitative estimate of drug-likeness (QED) is 0.836. The van der Waals surface area contributed by atoms with Crippen molar-refractivity contribution in [2.24, 2.45) is 0 Å². The van der Waals surface area contributed by atoms with Gasteiger partial charge in [-0.2, -0.15) is 0 Å². The van der Waals surface area contributed by atoms with Gasteiger partial charge in [-0.1, -0.05) is 11.3 Å². The lowest BCUT2D eigenvalue weighted by molar-refractivity contribution is 0.277. The summed E-state index contributed by atoms with van der Waals surface area (Å²) in [6.45, 7) is -0.0986. The molecule has 0 bridgehead atoms. The van der Waals surface area contributed by atoms with E-state index in [2.05, 4.69) is 15.3 Å². The summed E-state index contributed by atoms with van der Waals surface area (Å²) in [4.78, 5) is 4.29. The molecule has 3 rings (SSSR count). The number of hydrogen-bond donors (Lipinski definition) is 1. The van der Waals surface area contributed by atoms with Crippen LogP contribution in [0.4, 0.5) is 0 Å². The maximum atomic E-state index is 9.25. The Hall–Kier alpha value is -1.75. The van der Waals surface area contributed by atoms with Gasteiger partial charge in [-0.3, -0.25) is 4.98 Å². The number of nitrogens with zero attached hydrogens (tertiary/aromatic N) is 4. The molecule has 0 saturated heterocycles. The van der Waals surface area contributed by atoms with Crippen molar-refractivity contribution < 1.29 is 5.11 Å². The van der Waals surface area contributed by atoms with Gasteiger partial charge in [-0.05, 0) is 25.0 Å². The van der Waals surface area contributed by atoms with Crippen LogP contribution in [0.1, 0.15) is 24.6 Å². The Morgan fingerprint density at radius 1 is 1.38 bits per heavy atom. The van der Waals surface area contributed by atoms with E-state index in [1.165, 1.54) is 0 Å². The molecule has 0 amide bonds. The number of pyridine rings is 1. The van der Waals surface area contributed by atoms with Crippen molar-refractivity contribution in [2.75, 3.05) is 0 Å². The van der Waals surface area contributed by atoms with Gasteiger partial charge >= 0.3 is 0 Å². The Labute approximate surface area is 92.8 Å². The Kier molecular flexibility index (Phi) is 2.18. The fraction of sp³-hybridized carbons (Fsp3) is 0.364. The van der Waals surface area contributed by atoms with E-state index in [-0.39, 0.29) is 6.61 Å². The van der Waals surface area contributed by atoms with Crippen LogP contribution in [0.2, 0.25) is 0 Å². The van der Waals surface area contributed by atoms with E-state index in [1.807, 2.05) is 22.9 Å². The van der Waals surface area contributed by atoms with Crippen LogP contribution in [0.3, 0.4) is 0 Å². The normalized spacial score (nSPS) is 15.3. The van der Waals surface area contributed by atoms with E-state index < -0.39 is 0 Å². The van der Waals surface area contributed by atoms with Crippen LogP contribution in [0.5, 0.6) is 0 Å². The third-order valence-electron chi connectivity index (χ3n) is 2.71. The second-order valence-electron chi connectivity index (χ2n) is 3.93. The van der Waals surface area contributed by atoms with Gasteiger partial charge in [0.25, 0.3) is 0 Å². The number of hydrogen-bond acceptors (Lipinski definition) is 4. The lowest BCUT2D eigenvalue weighted by atomic mass is 10.2. The predicted molar refractivity (Wildman–Crippen MR) is 57.4 cm³/mol. The van der Waals surface area contributed by atoms with E-state index in [1.54, 1.807) is 6.20 Å². The molecule has 0 atom stereocenters. The van der Waals surface area contributed by atoms with E-state index in [9.17, 15) is 5.11 Å². The fourth-order valence-corrected chi connectivity index (χ4v) is 1.78. The van der Waals surface area contributed by atoms with Gasteiger partial charge in [0.1, 0.15) is 11.4 Å². The first-order valence-electron chi connectivity index (χ1n) is 5.36. The predicted octanol–water partition coefficient (Wildman–Crippen LogP) is 1.17. The van der Waals surface area contributed by atoms with Crippen molar-refractivity contribution in [3.63, 3.8) is 0 Å². The number of aliphatic hydroxyl groups excluding tert-OH is 1. The third-order valence-corrected chi connectivity index (χ3v) is 2.71. The average Bonchev–Trinajstić information content (AvgIpc) is 3.09. The highest BCUT2D eigenvalue weighted by Gasteiger charge is 2.29. The van der Waals surface area contributed by atoms with Gasteiger partial charge in [0.15, 0.2) is 0 Å². The highest BCUT2D eigenvalue weighted by molar-refractivity contribution is 5.57. The van der Waals surface area contributed by atoms with Crippen molar-refractivity contribution in [2.45, 2.75) is 25.5 Å². The molecule has 1 fully saturated rings. The highest BCUT2D eigenvalue weighted by Crippen LogP contribution is 2.37. The molecular weight excluding hydrogens is 204 g/mol. The van der Waals surface area contributed by atoms with Gasteiger partial charge in [0.05, 0.1) is 18.3 Å². The van der Waals surface area contributed by atoms with E-state index >= 15 is 0 Å². The van der Waals surface area contributed by atoms with Crippen molar-refractivity contribution in [3.8, 4) is 11.4 Å². The molecule has 0 radical (unpaired) electrons. The third kappa shape index (κ3) is 1.49. The Morgan fingerprint density at radius 3 is 2.88 bits per heavy atom. The summed E-state index contributed by atoms with van der Waals surface area (Å²) >= 11 is 0. The number of aromatic nitrogens is 4. The van der Waals surface area contributed by atoms with Gasteiger partial charge in [-0.25, -0.2) is 4.68 Å². The maximum Gasteiger partial charge on any atom is 0.118 e. The number of rotatable bonds is 3. The SMILES string of the molecule is OCc1nnn(C2CC2)c1-c1ccccn1. The molecule has 0 unspecified atom stereocenters. The Morgan fingerprint density at radius 2 is 2.25 bits per heavy atom. The first kappa shape index (κ1) is 9.47. The zero-order valence-corrected chi connectivity index (χ0v) is 8.74. The zero-order valence-electron chi connectivity index (χ0n) is 8.74. The summed E-state index contributed by atoms with van der Waals surface area (Å²) in [5, 5.41) is 17.3. The topological polar surface area (TPSA) is 63.8 Å². The molecule has 16 heavy (non-hydrogen) atoms. The van der Waals surface area contributed by atoms with Crippen molar-refractivity contribution in [1.82, 2.24) is 20.0 Å². The molecule has 82 valence electrons. The summed E-state index contributed by atoms with van der Waals surface area (Å²) in [7, 11) is 0. The van der Waals surface area contributed by atoms with Gasteiger partial charge in [0, 0.05) is 6.20 Å². The minimum Gasteiger partial charge on any atom is -0.390 e.